The van der Waals surface area contributed by atoms with E-state index < -0.39 is 0 Å². The summed E-state index contributed by atoms with van der Waals surface area (Å²) in [4.78, 5) is 12.2. The second kappa shape index (κ2) is 6.91. The topological polar surface area (TPSA) is 89.1 Å². The van der Waals surface area contributed by atoms with Crippen molar-refractivity contribution in [1.29, 1.82) is 0 Å². The number of nitrogens with one attached hydrogen (secondary N) is 1. The monoisotopic (exact) mass is 318 g/mol. The van der Waals surface area contributed by atoms with E-state index in [1.807, 2.05) is 0 Å². The molecule has 0 aliphatic heterocycles. The van der Waals surface area contributed by atoms with Crippen molar-refractivity contribution in [3.63, 3.8) is 0 Å². The van der Waals surface area contributed by atoms with Crippen LogP contribution in [0.5, 0.6) is 5.75 Å². The van der Waals surface area contributed by atoms with E-state index in [0.717, 1.165) is 0 Å². The minimum absolute atomic E-state index is 0.297. The van der Waals surface area contributed by atoms with Gasteiger partial charge in [-0.3, -0.25) is 4.79 Å². The van der Waals surface area contributed by atoms with Gasteiger partial charge in [0.15, 0.2) is 0 Å². The molecule has 0 fully saturated rings. The van der Waals surface area contributed by atoms with Crippen LogP contribution < -0.4 is 15.8 Å². The zero-order valence-electron chi connectivity index (χ0n) is 12.1. The minimum Gasteiger partial charge on any atom is -0.495 e. The number of azo groups is 1. The van der Waals surface area contributed by atoms with Gasteiger partial charge in [0.2, 0.25) is 0 Å². The van der Waals surface area contributed by atoms with E-state index in [-0.39, 0.29) is 5.91 Å². The van der Waals surface area contributed by atoms with Crippen molar-refractivity contribution in [1.82, 2.24) is 0 Å². The molecule has 2 rings (SSSR count). The molecule has 114 valence electrons. The van der Waals surface area contributed by atoms with Crippen LogP contribution >= 0.6 is 11.6 Å². The highest BCUT2D eigenvalue weighted by Crippen LogP contribution is 2.28. The van der Waals surface area contributed by atoms with Crippen LogP contribution in [0.1, 0.15) is 10.4 Å². The van der Waals surface area contributed by atoms with Crippen LogP contribution in [0, 0.1) is 0 Å². The lowest BCUT2D eigenvalue weighted by molar-refractivity contribution is 0.102. The third-order valence-electron chi connectivity index (χ3n) is 2.91. The molecule has 0 aromatic heterocycles. The number of benzene rings is 2. The fourth-order valence-electron chi connectivity index (χ4n) is 1.83. The SMILES string of the molecule is CN=Nc1cc(C(=O)Nc2ccc(OC)c(Cl)c2)ccc1N. The van der Waals surface area contributed by atoms with Crippen molar-refractivity contribution in [2.45, 2.75) is 0 Å². The summed E-state index contributed by atoms with van der Waals surface area (Å²) in [5.74, 6) is 0.242. The van der Waals surface area contributed by atoms with Gasteiger partial charge in [-0.05, 0) is 36.4 Å². The molecule has 0 saturated heterocycles. The van der Waals surface area contributed by atoms with Crippen molar-refractivity contribution < 1.29 is 9.53 Å². The van der Waals surface area contributed by atoms with Crippen molar-refractivity contribution in [2.24, 2.45) is 10.2 Å². The quantitative estimate of drug-likeness (QED) is 0.662. The van der Waals surface area contributed by atoms with Crippen LogP contribution in [0.2, 0.25) is 5.02 Å². The molecule has 0 atom stereocenters. The smallest absolute Gasteiger partial charge is 0.255 e. The predicted octanol–water partition coefficient (Wildman–Crippen LogP) is 3.90. The molecule has 0 saturated carbocycles. The molecule has 7 heteroatoms. The number of halogens is 1. The largest absolute Gasteiger partial charge is 0.495 e. The van der Waals surface area contributed by atoms with Gasteiger partial charge < -0.3 is 15.8 Å². The third kappa shape index (κ3) is 3.53. The number of anilines is 2. The Kier molecular flexibility index (Phi) is 4.95. The van der Waals surface area contributed by atoms with E-state index in [1.54, 1.807) is 36.4 Å². The first-order chi connectivity index (χ1) is 10.5. The molecule has 0 heterocycles. The number of ether oxygens (including phenoxy) is 1. The summed E-state index contributed by atoms with van der Waals surface area (Å²) in [5, 5.41) is 10.7. The highest BCUT2D eigenvalue weighted by molar-refractivity contribution is 6.32. The first-order valence-electron chi connectivity index (χ1n) is 6.39. The van der Waals surface area contributed by atoms with Crippen LogP contribution in [0.3, 0.4) is 0 Å². The van der Waals surface area contributed by atoms with Crippen LogP contribution in [-0.2, 0) is 0 Å². The maximum atomic E-state index is 12.2. The van der Waals surface area contributed by atoms with E-state index in [2.05, 4.69) is 15.5 Å². The molecule has 3 N–H and O–H groups in total. The number of hydrogen-bond acceptors (Lipinski definition) is 5. The highest BCUT2D eigenvalue weighted by atomic mass is 35.5. The molecular formula is C15H15ClN4O2. The van der Waals surface area contributed by atoms with Crippen LogP contribution in [-0.4, -0.2) is 20.1 Å². The number of nitrogens with two attached hydrogens (primary N) is 1. The normalized spacial score (nSPS) is 10.7. The highest BCUT2D eigenvalue weighted by Gasteiger charge is 2.10. The molecule has 22 heavy (non-hydrogen) atoms. The van der Waals surface area contributed by atoms with Gasteiger partial charge in [0.1, 0.15) is 11.4 Å². The second-order valence-corrected chi connectivity index (χ2v) is 4.78. The summed E-state index contributed by atoms with van der Waals surface area (Å²) < 4.78 is 5.06. The standard InChI is InChI=1S/C15H15ClN4O2/c1-18-20-13-7-9(3-5-12(13)17)15(21)19-10-4-6-14(22-2)11(16)8-10/h3-8H,17H2,1-2H3,(H,19,21). The Morgan fingerprint density at radius 1 is 1.27 bits per heavy atom. The molecule has 0 spiro atoms. The van der Waals surface area contributed by atoms with Gasteiger partial charge in [-0.2, -0.15) is 10.2 Å². The molecule has 1 amide bonds. The number of nitrogen functional groups attached to an aromatic ring is 1. The Bertz CT molecular complexity index is 731. The van der Waals surface area contributed by atoms with Gasteiger partial charge >= 0.3 is 0 Å². The number of methoxy groups -OCH3 is 1. The van der Waals surface area contributed by atoms with E-state index in [1.165, 1.54) is 14.2 Å². The van der Waals surface area contributed by atoms with E-state index in [4.69, 9.17) is 22.1 Å². The molecule has 0 aliphatic rings. The van der Waals surface area contributed by atoms with Gasteiger partial charge in [0.25, 0.3) is 5.91 Å². The van der Waals surface area contributed by atoms with Crippen molar-refractivity contribution in [3.05, 3.63) is 47.0 Å². The average Bonchev–Trinajstić information content (AvgIpc) is 2.50. The van der Waals surface area contributed by atoms with Gasteiger partial charge in [-0.15, -0.1) is 0 Å². The molecule has 2 aromatic rings. The maximum absolute atomic E-state index is 12.2. The minimum atomic E-state index is -0.297. The Balaban J connectivity index is 2.22. The van der Waals surface area contributed by atoms with Crippen molar-refractivity contribution in [2.75, 3.05) is 25.2 Å². The number of amides is 1. The van der Waals surface area contributed by atoms with Gasteiger partial charge in [-0.1, -0.05) is 11.6 Å². The summed E-state index contributed by atoms with van der Waals surface area (Å²) >= 11 is 6.03. The maximum Gasteiger partial charge on any atom is 0.255 e. The second-order valence-electron chi connectivity index (χ2n) is 4.38. The summed E-state index contributed by atoms with van der Waals surface area (Å²) in [5.41, 5.74) is 7.65. The first kappa shape index (κ1) is 15.8. The van der Waals surface area contributed by atoms with Gasteiger partial charge in [0.05, 0.1) is 17.8 Å². The van der Waals surface area contributed by atoms with Crippen LogP contribution in [0.15, 0.2) is 46.6 Å². The third-order valence-corrected chi connectivity index (χ3v) is 3.21. The molecule has 0 aliphatic carbocycles. The van der Waals surface area contributed by atoms with Crippen molar-refractivity contribution >= 4 is 34.6 Å². The lowest BCUT2D eigenvalue weighted by atomic mass is 10.1. The molecule has 0 bridgehead atoms. The van der Waals surface area contributed by atoms with E-state index in [9.17, 15) is 4.79 Å². The Morgan fingerprint density at radius 2 is 2.05 bits per heavy atom. The fraction of sp³-hybridized carbons (Fsp3) is 0.133. The summed E-state index contributed by atoms with van der Waals surface area (Å²) in [6.45, 7) is 0. The van der Waals surface area contributed by atoms with Gasteiger partial charge in [0, 0.05) is 18.3 Å². The molecule has 2 aromatic carbocycles. The number of nitrogens with zero attached hydrogens (tertiary/aromatic N) is 2. The average molecular weight is 319 g/mol. The van der Waals surface area contributed by atoms with Crippen LogP contribution in [0.25, 0.3) is 0 Å². The zero-order valence-corrected chi connectivity index (χ0v) is 12.9. The number of hydrogen-bond donors (Lipinski definition) is 2. The lowest BCUT2D eigenvalue weighted by Gasteiger charge is -2.09. The summed E-state index contributed by atoms with van der Waals surface area (Å²) in [7, 11) is 3.06. The Hall–Kier alpha value is -2.60. The zero-order chi connectivity index (χ0) is 16.1. The van der Waals surface area contributed by atoms with E-state index in [0.29, 0.717) is 33.4 Å². The van der Waals surface area contributed by atoms with Gasteiger partial charge in [-0.25, -0.2) is 0 Å². The molecule has 0 radical (unpaired) electrons. The fourth-order valence-corrected chi connectivity index (χ4v) is 2.08. The Morgan fingerprint density at radius 3 is 2.68 bits per heavy atom. The number of carbonyl (C=O) groups excluding carboxylic acids is 1. The summed E-state index contributed by atoms with van der Waals surface area (Å²) in [6, 6.07) is 9.79. The Labute approximate surface area is 132 Å². The lowest BCUT2D eigenvalue weighted by Crippen LogP contribution is -2.12. The molecule has 6 nitrogen and oxygen atoms in total. The predicted molar refractivity (Wildman–Crippen MR) is 87.3 cm³/mol. The summed E-state index contributed by atoms with van der Waals surface area (Å²) in [6.07, 6.45) is 0. The van der Waals surface area contributed by atoms with Crippen molar-refractivity contribution in [3.8, 4) is 5.75 Å². The molecular weight excluding hydrogens is 304 g/mol. The number of carbonyl (C=O) groups is 1. The molecule has 0 unspecified atom stereocenters. The first-order valence-corrected chi connectivity index (χ1v) is 6.77. The number of rotatable bonds is 4. The van der Waals surface area contributed by atoms with E-state index >= 15 is 0 Å². The van der Waals surface area contributed by atoms with Crippen LogP contribution in [0.4, 0.5) is 17.1 Å².